The lowest BCUT2D eigenvalue weighted by atomic mass is 9.94. The predicted octanol–water partition coefficient (Wildman–Crippen LogP) is 0.825. The number of hydrogen-bond donors (Lipinski definition) is 3. The van der Waals surface area contributed by atoms with Crippen LogP contribution in [0.2, 0.25) is 0 Å². The van der Waals surface area contributed by atoms with Gasteiger partial charge in [0.15, 0.2) is 0 Å². The van der Waals surface area contributed by atoms with Crippen LogP contribution in [0.25, 0.3) is 0 Å². The Labute approximate surface area is 83.9 Å². The van der Waals surface area contributed by atoms with E-state index in [0.717, 1.165) is 0 Å². The van der Waals surface area contributed by atoms with Crippen molar-refractivity contribution in [2.45, 2.75) is 31.9 Å². The van der Waals surface area contributed by atoms with Crippen molar-refractivity contribution in [2.75, 3.05) is 5.73 Å². The molecule has 0 saturated heterocycles. The first-order chi connectivity index (χ1) is 6.40. The van der Waals surface area contributed by atoms with Crippen LogP contribution in [-0.2, 0) is 0 Å². The van der Waals surface area contributed by atoms with Gasteiger partial charge in [-0.2, -0.15) is 0 Å². The molecule has 5 N–H and O–H groups in total. The van der Waals surface area contributed by atoms with E-state index in [1.54, 1.807) is 18.5 Å². The van der Waals surface area contributed by atoms with E-state index in [9.17, 15) is 5.11 Å². The molecule has 0 saturated carbocycles. The largest absolute Gasteiger partial charge is 0.398 e. The van der Waals surface area contributed by atoms with Crippen molar-refractivity contribution in [3.8, 4) is 0 Å². The molecule has 0 aliphatic carbocycles. The lowest BCUT2D eigenvalue weighted by Gasteiger charge is -2.23. The minimum Gasteiger partial charge on any atom is -0.398 e. The standard InChI is InChI=1S/C10H17N3O/c1-10(2,12)5-9(14)7-6-13-4-3-8(7)11/h3-4,6,9,14H,5,12H2,1-2H3,(H2,11,13). The summed E-state index contributed by atoms with van der Waals surface area (Å²) in [6, 6.07) is 1.67. The van der Waals surface area contributed by atoms with E-state index in [1.807, 2.05) is 13.8 Å². The number of aliphatic hydroxyl groups is 1. The topological polar surface area (TPSA) is 85.2 Å². The molecule has 1 unspecified atom stereocenters. The van der Waals surface area contributed by atoms with Crippen molar-refractivity contribution in [3.05, 3.63) is 24.0 Å². The average Bonchev–Trinajstić information content (AvgIpc) is 2.01. The van der Waals surface area contributed by atoms with Crippen LogP contribution in [0.5, 0.6) is 0 Å². The molecule has 1 aromatic heterocycles. The Kier molecular flexibility index (Phi) is 3.08. The number of nitrogen functional groups attached to an aromatic ring is 1. The highest BCUT2D eigenvalue weighted by Crippen LogP contribution is 2.25. The fourth-order valence-electron chi connectivity index (χ4n) is 1.30. The number of rotatable bonds is 3. The third-order valence-corrected chi connectivity index (χ3v) is 1.97. The minimum absolute atomic E-state index is 0.415. The maximum atomic E-state index is 9.84. The summed E-state index contributed by atoms with van der Waals surface area (Å²) in [5.74, 6) is 0. The van der Waals surface area contributed by atoms with Crippen molar-refractivity contribution in [2.24, 2.45) is 5.73 Å². The molecule has 1 heterocycles. The van der Waals surface area contributed by atoms with Crippen molar-refractivity contribution in [1.82, 2.24) is 4.98 Å². The van der Waals surface area contributed by atoms with Crippen molar-refractivity contribution < 1.29 is 5.11 Å². The highest BCUT2D eigenvalue weighted by Gasteiger charge is 2.19. The van der Waals surface area contributed by atoms with Crippen LogP contribution < -0.4 is 11.5 Å². The fraction of sp³-hybridized carbons (Fsp3) is 0.500. The van der Waals surface area contributed by atoms with Gasteiger partial charge in [0.1, 0.15) is 0 Å². The number of anilines is 1. The maximum Gasteiger partial charge on any atom is 0.0842 e. The molecule has 4 nitrogen and oxygen atoms in total. The molecule has 1 aromatic rings. The molecule has 0 aromatic carbocycles. The van der Waals surface area contributed by atoms with Gasteiger partial charge in [0.2, 0.25) is 0 Å². The van der Waals surface area contributed by atoms with Gasteiger partial charge in [-0.1, -0.05) is 0 Å². The zero-order valence-electron chi connectivity index (χ0n) is 8.57. The van der Waals surface area contributed by atoms with Gasteiger partial charge in [-0.25, -0.2) is 0 Å². The summed E-state index contributed by atoms with van der Waals surface area (Å²) in [6.45, 7) is 3.73. The van der Waals surface area contributed by atoms with E-state index >= 15 is 0 Å². The molecule has 0 aliphatic rings. The van der Waals surface area contributed by atoms with E-state index in [2.05, 4.69) is 4.98 Å². The van der Waals surface area contributed by atoms with Gasteiger partial charge in [-0.15, -0.1) is 0 Å². The second-order valence-electron chi connectivity index (χ2n) is 4.21. The Hall–Kier alpha value is -1.13. The molecule has 1 atom stereocenters. The van der Waals surface area contributed by atoms with Crippen LogP contribution >= 0.6 is 0 Å². The second-order valence-corrected chi connectivity index (χ2v) is 4.21. The SMILES string of the molecule is CC(C)(N)CC(O)c1cnccc1N. The molecule has 0 amide bonds. The molecule has 0 bridgehead atoms. The molecule has 78 valence electrons. The smallest absolute Gasteiger partial charge is 0.0842 e. The molecule has 0 spiro atoms. The Bertz CT molecular complexity index is 306. The second kappa shape index (κ2) is 3.94. The van der Waals surface area contributed by atoms with Gasteiger partial charge in [0.25, 0.3) is 0 Å². The van der Waals surface area contributed by atoms with Gasteiger partial charge < -0.3 is 16.6 Å². The molecule has 0 aliphatic heterocycles. The van der Waals surface area contributed by atoms with Gasteiger partial charge in [0, 0.05) is 29.2 Å². The first kappa shape index (κ1) is 10.9. The van der Waals surface area contributed by atoms with E-state index < -0.39 is 11.6 Å². The average molecular weight is 195 g/mol. The zero-order valence-corrected chi connectivity index (χ0v) is 8.57. The molecular weight excluding hydrogens is 178 g/mol. The van der Waals surface area contributed by atoms with Crippen LogP contribution in [-0.4, -0.2) is 15.6 Å². The molecule has 1 rings (SSSR count). The summed E-state index contributed by atoms with van der Waals surface area (Å²) in [5.41, 5.74) is 12.3. The summed E-state index contributed by atoms with van der Waals surface area (Å²) >= 11 is 0. The van der Waals surface area contributed by atoms with E-state index in [-0.39, 0.29) is 0 Å². The molecule has 0 radical (unpaired) electrons. The lowest BCUT2D eigenvalue weighted by Crippen LogP contribution is -2.34. The van der Waals surface area contributed by atoms with Crippen LogP contribution in [0.4, 0.5) is 5.69 Å². The number of aliphatic hydroxyl groups excluding tert-OH is 1. The number of aromatic nitrogens is 1. The number of nitrogens with two attached hydrogens (primary N) is 2. The Morgan fingerprint density at radius 1 is 1.57 bits per heavy atom. The summed E-state index contributed by atoms with van der Waals surface area (Å²) in [5, 5.41) is 9.84. The minimum atomic E-state index is -0.649. The van der Waals surface area contributed by atoms with Gasteiger partial charge in [0.05, 0.1) is 6.10 Å². The molecule has 0 fully saturated rings. The Morgan fingerprint density at radius 2 is 2.21 bits per heavy atom. The van der Waals surface area contributed by atoms with Crippen molar-refractivity contribution in [3.63, 3.8) is 0 Å². The monoisotopic (exact) mass is 195 g/mol. The lowest BCUT2D eigenvalue weighted by molar-refractivity contribution is 0.142. The normalized spacial score (nSPS) is 14.0. The van der Waals surface area contributed by atoms with Gasteiger partial charge in [-0.3, -0.25) is 4.98 Å². The summed E-state index contributed by atoms with van der Waals surface area (Å²) in [6.07, 6.45) is 2.98. The van der Waals surface area contributed by atoms with Crippen LogP contribution in [0.15, 0.2) is 18.5 Å². The fourth-order valence-corrected chi connectivity index (χ4v) is 1.30. The Morgan fingerprint density at radius 3 is 2.71 bits per heavy atom. The first-order valence-electron chi connectivity index (χ1n) is 4.56. The predicted molar refractivity (Wildman–Crippen MR) is 56.5 cm³/mol. The number of pyridine rings is 1. The zero-order chi connectivity index (χ0) is 10.8. The molecule has 14 heavy (non-hydrogen) atoms. The van der Waals surface area contributed by atoms with Crippen LogP contribution in [0, 0.1) is 0 Å². The van der Waals surface area contributed by atoms with Crippen molar-refractivity contribution in [1.29, 1.82) is 0 Å². The summed E-state index contributed by atoms with van der Waals surface area (Å²) in [4.78, 5) is 3.92. The van der Waals surface area contributed by atoms with Crippen molar-refractivity contribution >= 4 is 5.69 Å². The maximum absolute atomic E-state index is 9.84. The highest BCUT2D eigenvalue weighted by molar-refractivity contribution is 5.45. The Balaban J connectivity index is 2.80. The molecular formula is C10H17N3O. The number of hydrogen-bond acceptors (Lipinski definition) is 4. The van der Waals surface area contributed by atoms with Gasteiger partial charge in [-0.05, 0) is 26.3 Å². The third-order valence-electron chi connectivity index (χ3n) is 1.97. The highest BCUT2D eigenvalue weighted by atomic mass is 16.3. The van der Waals surface area contributed by atoms with Crippen LogP contribution in [0.1, 0.15) is 31.9 Å². The van der Waals surface area contributed by atoms with E-state index in [4.69, 9.17) is 11.5 Å². The van der Waals surface area contributed by atoms with E-state index in [0.29, 0.717) is 17.7 Å². The first-order valence-corrected chi connectivity index (χ1v) is 4.56. The van der Waals surface area contributed by atoms with Crippen LogP contribution in [0.3, 0.4) is 0 Å². The van der Waals surface area contributed by atoms with Gasteiger partial charge >= 0.3 is 0 Å². The molecule has 4 heteroatoms. The summed E-state index contributed by atoms with van der Waals surface area (Å²) < 4.78 is 0. The third kappa shape index (κ3) is 2.97. The number of nitrogens with zero attached hydrogens (tertiary/aromatic N) is 1. The quantitative estimate of drug-likeness (QED) is 0.666. The van der Waals surface area contributed by atoms with E-state index in [1.165, 1.54) is 0 Å². The summed E-state index contributed by atoms with van der Waals surface area (Å²) in [7, 11) is 0.